The van der Waals surface area contributed by atoms with Crippen LogP contribution in [0.5, 0.6) is 0 Å². The maximum absolute atomic E-state index is 13.1. The van der Waals surface area contributed by atoms with E-state index >= 15 is 0 Å². The lowest BCUT2D eigenvalue weighted by Crippen LogP contribution is -1.91. The number of rotatable bonds is 2. The average molecular weight is 348 g/mol. The highest BCUT2D eigenvalue weighted by Gasteiger charge is 2.11. The van der Waals surface area contributed by atoms with Crippen molar-refractivity contribution in [1.82, 2.24) is 4.98 Å². The van der Waals surface area contributed by atoms with E-state index in [1.165, 1.54) is 23.5 Å². The molecule has 1 heterocycles. The smallest absolute Gasteiger partial charge is 0.188 e. The van der Waals surface area contributed by atoms with Crippen LogP contribution in [0.2, 0.25) is 15.1 Å². The van der Waals surface area contributed by atoms with Gasteiger partial charge in [-0.1, -0.05) is 46.1 Å². The minimum absolute atomic E-state index is 0.296. The number of thiazole rings is 1. The third-order valence-electron chi connectivity index (χ3n) is 2.59. The minimum atomic E-state index is -0.296. The maximum Gasteiger partial charge on any atom is 0.188 e. The maximum atomic E-state index is 13.1. The van der Waals surface area contributed by atoms with Gasteiger partial charge in [0.05, 0.1) is 25.9 Å². The van der Waals surface area contributed by atoms with E-state index in [9.17, 15) is 4.39 Å². The van der Waals surface area contributed by atoms with Gasteiger partial charge in [-0.3, -0.25) is 0 Å². The van der Waals surface area contributed by atoms with E-state index in [0.717, 1.165) is 4.70 Å². The van der Waals surface area contributed by atoms with E-state index in [0.29, 0.717) is 31.4 Å². The van der Waals surface area contributed by atoms with Crippen molar-refractivity contribution in [2.45, 2.75) is 0 Å². The molecule has 0 bridgehead atoms. The van der Waals surface area contributed by atoms with Crippen LogP contribution in [-0.2, 0) is 0 Å². The SMILES string of the molecule is Fc1ccc2nc(Nc3c(Cl)cc(Cl)cc3Cl)sc2c1. The van der Waals surface area contributed by atoms with Gasteiger partial charge in [0.25, 0.3) is 0 Å². The first kappa shape index (κ1) is 13.9. The Morgan fingerprint density at radius 3 is 2.45 bits per heavy atom. The van der Waals surface area contributed by atoms with Gasteiger partial charge in [0, 0.05) is 5.02 Å². The summed E-state index contributed by atoms with van der Waals surface area (Å²) in [6, 6.07) is 7.60. The summed E-state index contributed by atoms with van der Waals surface area (Å²) in [6.45, 7) is 0. The van der Waals surface area contributed by atoms with Crippen LogP contribution in [0.1, 0.15) is 0 Å². The Balaban J connectivity index is 2.01. The number of anilines is 2. The molecular formula is C13H6Cl3FN2S. The van der Waals surface area contributed by atoms with Crippen molar-refractivity contribution in [2.75, 3.05) is 5.32 Å². The van der Waals surface area contributed by atoms with Crippen LogP contribution in [0.25, 0.3) is 10.2 Å². The molecule has 0 saturated heterocycles. The molecule has 2 aromatic carbocycles. The molecule has 3 aromatic rings. The number of halogens is 4. The molecule has 2 nitrogen and oxygen atoms in total. The molecule has 0 unspecified atom stereocenters. The summed E-state index contributed by atoms with van der Waals surface area (Å²) in [5, 5.41) is 4.87. The van der Waals surface area contributed by atoms with Crippen molar-refractivity contribution in [3.8, 4) is 0 Å². The van der Waals surface area contributed by atoms with Gasteiger partial charge in [0.1, 0.15) is 5.82 Å². The fourth-order valence-corrected chi connectivity index (χ4v) is 3.53. The molecule has 0 saturated carbocycles. The van der Waals surface area contributed by atoms with E-state index in [1.54, 1.807) is 18.2 Å². The predicted molar refractivity (Wildman–Crippen MR) is 84.3 cm³/mol. The van der Waals surface area contributed by atoms with Gasteiger partial charge in [-0.2, -0.15) is 0 Å². The molecular weight excluding hydrogens is 342 g/mol. The Morgan fingerprint density at radius 1 is 1.05 bits per heavy atom. The summed E-state index contributed by atoms with van der Waals surface area (Å²) in [7, 11) is 0. The Hall–Kier alpha value is -1.07. The second-order valence-electron chi connectivity index (χ2n) is 4.00. The molecule has 0 spiro atoms. The van der Waals surface area contributed by atoms with Gasteiger partial charge in [0.15, 0.2) is 5.13 Å². The Bertz CT molecular complexity index is 780. The Kier molecular flexibility index (Phi) is 3.73. The quantitative estimate of drug-likeness (QED) is 0.602. The first-order chi connectivity index (χ1) is 9.52. The first-order valence-electron chi connectivity index (χ1n) is 5.50. The zero-order chi connectivity index (χ0) is 14.3. The third kappa shape index (κ3) is 2.69. The summed E-state index contributed by atoms with van der Waals surface area (Å²) in [6.07, 6.45) is 0. The molecule has 7 heteroatoms. The van der Waals surface area contributed by atoms with Crippen LogP contribution in [0.4, 0.5) is 15.2 Å². The molecule has 0 atom stereocenters. The molecule has 20 heavy (non-hydrogen) atoms. The van der Waals surface area contributed by atoms with Crippen molar-refractivity contribution in [3.63, 3.8) is 0 Å². The highest BCUT2D eigenvalue weighted by molar-refractivity contribution is 7.22. The normalized spacial score (nSPS) is 11.0. The topological polar surface area (TPSA) is 24.9 Å². The van der Waals surface area contributed by atoms with Crippen molar-refractivity contribution in [2.24, 2.45) is 0 Å². The van der Waals surface area contributed by atoms with E-state index in [1.807, 2.05) is 0 Å². The number of aromatic nitrogens is 1. The molecule has 1 aromatic heterocycles. The van der Waals surface area contributed by atoms with Crippen molar-refractivity contribution in [3.05, 3.63) is 51.2 Å². The number of fused-ring (bicyclic) bond motifs is 1. The standard InChI is InChI=1S/C13H6Cl3FN2S/c14-6-3-8(15)12(9(16)4-6)19-13-18-10-2-1-7(17)5-11(10)20-13/h1-5H,(H,18,19). The molecule has 0 aliphatic heterocycles. The minimum Gasteiger partial charge on any atom is -0.329 e. The van der Waals surface area contributed by atoms with E-state index < -0.39 is 0 Å². The largest absolute Gasteiger partial charge is 0.329 e. The van der Waals surface area contributed by atoms with Gasteiger partial charge in [0.2, 0.25) is 0 Å². The second kappa shape index (κ2) is 5.37. The lowest BCUT2D eigenvalue weighted by Gasteiger charge is -2.07. The molecule has 3 rings (SSSR count). The van der Waals surface area contributed by atoms with Gasteiger partial charge < -0.3 is 5.32 Å². The molecule has 0 aliphatic carbocycles. The molecule has 102 valence electrons. The number of benzene rings is 2. The summed E-state index contributed by atoms with van der Waals surface area (Å²) in [5.41, 5.74) is 1.23. The lowest BCUT2D eigenvalue weighted by molar-refractivity contribution is 0.630. The lowest BCUT2D eigenvalue weighted by atomic mass is 10.3. The van der Waals surface area contributed by atoms with Gasteiger partial charge in [-0.05, 0) is 30.3 Å². The van der Waals surface area contributed by atoms with Crippen molar-refractivity contribution < 1.29 is 4.39 Å². The van der Waals surface area contributed by atoms with E-state index in [4.69, 9.17) is 34.8 Å². The number of hydrogen-bond donors (Lipinski definition) is 1. The average Bonchev–Trinajstić information content (AvgIpc) is 2.75. The molecule has 0 aliphatic rings. The van der Waals surface area contributed by atoms with Crippen LogP contribution in [-0.4, -0.2) is 4.98 Å². The molecule has 1 N–H and O–H groups in total. The molecule has 0 radical (unpaired) electrons. The molecule has 0 fully saturated rings. The highest BCUT2D eigenvalue weighted by atomic mass is 35.5. The summed E-state index contributed by atoms with van der Waals surface area (Å²) < 4.78 is 13.9. The van der Waals surface area contributed by atoms with Crippen LogP contribution in [0.15, 0.2) is 30.3 Å². The number of nitrogens with zero attached hydrogens (tertiary/aromatic N) is 1. The van der Waals surface area contributed by atoms with E-state index in [-0.39, 0.29) is 5.82 Å². The van der Waals surface area contributed by atoms with Crippen LogP contribution >= 0.6 is 46.1 Å². The number of hydrogen-bond acceptors (Lipinski definition) is 3. The zero-order valence-corrected chi connectivity index (χ0v) is 12.8. The van der Waals surface area contributed by atoms with E-state index in [2.05, 4.69) is 10.3 Å². The fourth-order valence-electron chi connectivity index (χ4n) is 1.72. The zero-order valence-electron chi connectivity index (χ0n) is 9.75. The summed E-state index contributed by atoms with van der Waals surface area (Å²) >= 11 is 19.4. The van der Waals surface area contributed by atoms with Crippen LogP contribution in [0, 0.1) is 5.82 Å². The van der Waals surface area contributed by atoms with Crippen molar-refractivity contribution in [1.29, 1.82) is 0 Å². The number of nitrogens with one attached hydrogen (secondary N) is 1. The van der Waals surface area contributed by atoms with Gasteiger partial charge in [-0.25, -0.2) is 9.37 Å². The summed E-state index contributed by atoms with van der Waals surface area (Å²) in [5.74, 6) is -0.296. The molecule has 0 amide bonds. The fraction of sp³-hybridized carbons (Fsp3) is 0. The van der Waals surface area contributed by atoms with Crippen LogP contribution in [0.3, 0.4) is 0 Å². The Labute approximate surface area is 133 Å². The predicted octanol–water partition coefficient (Wildman–Crippen LogP) is 6.14. The van der Waals surface area contributed by atoms with Gasteiger partial charge >= 0.3 is 0 Å². The second-order valence-corrected chi connectivity index (χ2v) is 6.28. The van der Waals surface area contributed by atoms with Gasteiger partial charge in [-0.15, -0.1) is 0 Å². The third-order valence-corrected chi connectivity index (χ3v) is 4.34. The first-order valence-corrected chi connectivity index (χ1v) is 7.45. The highest BCUT2D eigenvalue weighted by Crippen LogP contribution is 2.37. The Morgan fingerprint density at radius 2 is 1.75 bits per heavy atom. The summed E-state index contributed by atoms with van der Waals surface area (Å²) in [4.78, 5) is 4.34. The van der Waals surface area contributed by atoms with Crippen molar-refractivity contribution >= 4 is 67.2 Å². The van der Waals surface area contributed by atoms with Crippen LogP contribution < -0.4 is 5.32 Å². The monoisotopic (exact) mass is 346 g/mol.